The van der Waals surface area contributed by atoms with Crippen LogP contribution in [0.3, 0.4) is 0 Å². The smallest absolute Gasteiger partial charge is 0.213 e. The Morgan fingerprint density at radius 2 is 2.05 bits per heavy atom. The largest absolute Gasteiger partial charge is 0.475 e. The van der Waals surface area contributed by atoms with Gasteiger partial charge in [-0.15, -0.1) is 0 Å². The van der Waals surface area contributed by atoms with E-state index in [-0.39, 0.29) is 0 Å². The molecule has 5 nitrogen and oxygen atoms in total. The Bertz CT molecular complexity index is 357. The summed E-state index contributed by atoms with van der Waals surface area (Å²) < 4.78 is 15.9. The highest BCUT2D eigenvalue weighted by molar-refractivity contribution is 5.20. The Morgan fingerprint density at radius 1 is 1.19 bits per heavy atom. The van der Waals surface area contributed by atoms with Gasteiger partial charge in [-0.3, -0.25) is 0 Å². The van der Waals surface area contributed by atoms with Crippen LogP contribution in [0.25, 0.3) is 0 Å². The van der Waals surface area contributed by atoms with Gasteiger partial charge in [-0.25, -0.2) is 4.98 Å². The van der Waals surface area contributed by atoms with Crippen molar-refractivity contribution in [2.75, 3.05) is 40.1 Å². The van der Waals surface area contributed by atoms with Crippen LogP contribution in [0.1, 0.15) is 38.3 Å². The fraction of sp³-hybridized carbons (Fsp3) is 0.688. The van der Waals surface area contributed by atoms with Crippen molar-refractivity contribution in [3.63, 3.8) is 0 Å². The molecule has 1 aromatic heterocycles. The monoisotopic (exact) mass is 296 g/mol. The van der Waals surface area contributed by atoms with Crippen LogP contribution in [0.2, 0.25) is 0 Å². The van der Waals surface area contributed by atoms with Gasteiger partial charge in [0.1, 0.15) is 6.61 Å². The maximum absolute atomic E-state index is 5.54. The SMILES string of the molecule is CCCNC(C)c1ccc(OCCOCCCOC)nc1. The number of aromatic nitrogens is 1. The number of rotatable bonds is 12. The average Bonchev–Trinajstić information content (AvgIpc) is 2.52. The van der Waals surface area contributed by atoms with E-state index >= 15 is 0 Å². The normalized spacial score (nSPS) is 12.3. The molecule has 1 atom stereocenters. The van der Waals surface area contributed by atoms with Crippen molar-refractivity contribution in [2.24, 2.45) is 0 Å². The van der Waals surface area contributed by atoms with Crippen LogP contribution in [0.4, 0.5) is 0 Å². The highest BCUT2D eigenvalue weighted by Gasteiger charge is 2.04. The molecule has 0 spiro atoms. The molecule has 5 heteroatoms. The van der Waals surface area contributed by atoms with Gasteiger partial charge in [-0.1, -0.05) is 13.0 Å². The topological polar surface area (TPSA) is 52.6 Å². The molecule has 1 aromatic rings. The third kappa shape index (κ3) is 7.99. The van der Waals surface area contributed by atoms with Crippen molar-refractivity contribution < 1.29 is 14.2 Å². The first-order chi connectivity index (χ1) is 10.3. The number of hydrogen-bond acceptors (Lipinski definition) is 5. The molecule has 21 heavy (non-hydrogen) atoms. The second-order valence-electron chi connectivity index (χ2n) is 4.91. The molecule has 1 unspecified atom stereocenters. The van der Waals surface area contributed by atoms with Crippen molar-refractivity contribution in [2.45, 2.75) is 32.7 Å². The molecule has 0 amide bonds. The van der Waals surface area contributed by atoms with Crippen LogP contribution >= 0.6 is 0 Å². The Kier molecular flexibility index (Phi) is 9.78. The van der Waals surface area contributed by atoms with Crippen molar-refractivity contribution in [3.8, 4) is 5.88 Å². The Hall–Kier alpha value is -1.17. The van der Waals surface area contributed by atoms with Crippen molar-refractivity contribution in [1.82, 2.24) is 10.3 Å². The van der Waals surface area contributed by atoms with Crippen LogP contribution in [-0.4, -0.2) is 45.1 Å². The standard InChI is InChI=1S/C16H28N2O3/c1-4-8-17-14(2)15-6-7-16(18-13-15)21-12-11-20-10-5-9-19-3/h6-7,13-14,17H,4-5,8-12H2,1-3H3. The van der Waals surface area contributed by atoms with Gasteiger partial charge in [0.05, 0.1) is 6.61 Å². The van der Waals surface area contributed by atoms with E-state index in [1.807, 2.05) is 12.3 Å². The lowest BCUT2D eigenvalue weighted by Crippen LogP contribution is -2.19. The molecule has 0 fully saturated rings. The van der Waals surface area contributed by atoms with Gasteiger partial charge in [0, 0.05) is 38.6 Å². The molecule has 1 rings (SSSR count). The first kappa shape index (κ1) is 17.9. The number of methoxy groups -OCH3 is 1. The minimum absolute atomic E-state index is 0.315. The fourth-order valence-corrected chi connectivity index (χ4v) is 1.82. The lowest BCUT2D eigenvalue weighted by molar-refractivity contribution is 0.0795. The van der Waals surface area contributed by atoms with Crippen molar-refractivity contribution in [1.29, 1.82) is 0 Å². The van der Waals surface area contributed by atoms with Gasteiger partial charge >= 0.3 is 0 Å². The second kappa shape index (κ2) is 11.5. The lowest BCUT2D eigenvalue weighted by atomic mass is 10.1. The third-order valence-corrected chi connectivity index (χ3v) is 3.07. The van der Waals surface area contributed by atoms with E-state index in [0.717, 1.165) is 26.0 Å². The quantitative estimate of drug-likeness (QED) is 0.601. The summed E-state index contributed by atoms with van der Waals surface area (Å²) in [7, 11) is 1.69. The highest BCUT2D eigenvalue weighted by atomic mass is 16.5. The van der Waals surface area contributed by atoms with Gasteiger partial charge in [0.25, 0.3) is 0 Å². The second-order valence-corrected chi connectivity index (χ2v) is 4.91. The molecule has 0 bridgehead atoms. The van der Waals surface area contributed by atoms with Gasteiger partial charge in [-0.2, -0.15) is 0 Å². The molecule has 0 radical (unpaired) electrons. The van der Waals surface area contributed by atoms with E-state index in [4.69, 9.17) is 14.2 Å². The maximum atomic E-state index is 5.54. The molecule has 0 aliphatic carbocycles. The van der Waals surface area contributed by atoms with Gasteiger partial charge < -0.3 is 19.5 Å². The third-order valence-electron chi connectivity index (χ3n) is 3.07. The number of nitrogens with zero attached hydrogens (tertiary/aromatic N) is 1. The molecule has 1 heterocycles. The summed E-state index contributed by atoms with van der Waals surface area (Å²) in [6, 6.07) is 4.27. The minimum Gasteiger partial charge on any atom is -0.475 e. The number of ether oxygens (including phenoxy) is 3. The van der Waals surface area contributed by atoms with Crippen LogP contribution in [0, 0.1) is 0 Å². The van der Waals surface area contributed by atoms with E-state index in [2.05, 4.69) is 30.2 Å². The first-order valence-electron chi connectivity index (χ1n) is 7.66. The molecule has 0 aliphatic rings. The zero-order chi connectivity index (χ0) is 15.3. The Labute approximate surface area is 128 Å². The Balaban J connectivity index is 2.19. The summed E-state index contributed by atoms with van der Waals surface area (Å²) in [6.45, 7) is 7.83. The fourth-order valence-electron chi connectivity index (χ4n) is 1.82. The molecule has 0 aromatic carbocycles. The molecule has 120 valence electrons. The van der Waals surface area contributed by atoms with Gasteiger partial charge in [-0.05, 0) is 31.9 Å². The molecular formula is C16H28N2O3. The lowest BCUT2D eigenvalue weighted by Gasteiger charge is -2.13. The van der Waals surface area contributed by atoms with E-state index in [9.17, 15) is 0 Å². The van der Waals surface area contributed by atoms with Crippen LogP contribution < -0.4 is 10.1 Å². The summed E-state index contributed by atoms with van der Waals surface area (Å²) in [6.07, 6.45) is 3.90. The van der Waals surface area contributed by atoms with Crippen molar-refractivity contribution in [3.05, 3.63) is 23.9 Å². The number of pyridine rings is 1. The molecular weight excluding hydrogens is 268 g/mol. The minimum atomic E-state index is 0.315. The number of nitrogens with one attached hydrogen (secondary N) is 1. The van der Waals surface area contributed by atoms with Gasteiger partial charge in [0.2, 0.25) is 5.88 Å². The predicted molar refractivity (Wildman–Crippen MR) is 83.8 cm³/mol. The van der Waals surface area contributed by atoms with Crippen molar-refractivity contribution >= 4 is 0 Å². The zero-order valence-electron chi connectivity index (χ0n) is 13.4. The summed E-state index contributed by atoms with van der Waals surface area (Å²) in [5, 5.41) is 3.43. The van der Waals surface area contributed by atoms with Gasteiger partial charge in [0.15, 0.2) is 0 Å². The van der Waals surface area contributed by atoms with E-state index < -0.39 is 0 Å². The average molecular weight is 296 g/mol. The molecule has 0 aliphatic heterocycles. The molecule has 0 saturated carbocycles. The first-order valence-corrected chi connectivity index (χ1v) is 7.66. The molecule has 1 N–H and O–H groups in total. The summed E-state index contributed by atoms with van der Waals surface area (Å²) >= 11 is 0. The Morgan fingerprint density at radius 3 is 2.71 bits per heavy atom. The summed E-state index contributed by atoms with van der Waals surface area (Å²) in [5.41, 5.74) is 1.17. The van der Waals surface area contributed by atoms with E-state index in [0.29, 0.717) is 31.7 Å². The van der Waals surface area contributed by atoms with E-state index in [1.54, 1.807) is 7.11 Å². The number of hydrogen-bond donors (Lipinski definition) is 1. The van der Waals surface area contributed by atoms with Crippen LogP contribution in [0.5, 0.6) is 5.88 Å². The zero-order valence-corrected chi connectivity index (χ0v) is 13.4. The van der Waals surface area contributed by atoms with E-state index in [1.165, 1.54) is 5.56 Å². The van der Waals surface area contributed by atoms with Crippen LogP contribution in [-0.2, 0) is 9.47 Å². The maximum Gasteiger partial charge on any atom is 0.213 e. The summed E-state index contributed by atoms with van der Waals surface area (Å²) in [5.74, 6) is 0.641. The molecule has 0 saturated heterocycles. The highest BCUT2D eigenvalue weighted by Crippen LogP contribution is 2.14. The predicted octanol–water partition coefficient (Wildman–Crippen LogP) is 2.57. The van der Waals surface area contributed by atoms with Crippen LogP contribution in [0.15, 0.2) is 18.3 Å². The summed E-state index contributed by atoms with van der Waals surface area (Å²) in [4.78, 5) is 4.32.